The molecule has 1 aromatic heterocycles. The smallest absolute Gasteiger partial charge is 0.294 e. The van der Waals surface area contributed by atoms with E-state index in [-0.39, 0.29) is 29.7 Å². The summed E-state index contributed by atoms with van der Waals surface area (Å²) >= 11 is 0. The average Bonchev–Trinajstić information content (AvgIpc) is 2.68. The van der Waals surface area contributed by atoms with Crippen LogP contribution in [-0.2, 0) is 0 Å². The number of nitrogens with zero attached hydrogens (tertiary/aromatic N) is 2. The van der Waals surface area contributed by atoms with Crippen LogP contribution in [0.4, 0.5) is 0 Å². The van der Waals surface area contributed by atoms with E-state index in [9.17, 15) is 15.0 Å². The second-order valence-electron chi connectivity index (χ2n) is 3.35. The van der Waals surface area contributed by atoms with Crippen molar-refractivity contribution in [3.63, 3.8) is 0 Å². The number of carbonyl (C=O) groups excluding carboxylic acids is 1. The molecule has 2 rings (SSSR count). The summed E-state index contributed by atoms with van der Waals surface area (Å²) in [6.07, 6.45) is 0. The lowest BCUT2D eigenvalue weighted by Gasteiger charge is -2.06. The zero-order chi connectivity index (χ0) is 12.4. The van der Waals surface area contributed by atoms with Gasteiger partial charge in [-0.25, -0.2) is 5.53 Å². The molecule has 0 bridgehead atoms. The Bertz CT molecular complexity index is 558. The molecule has 0 unspecified atom stereocenters. The van der Waals surface area contributed by atoms with Crippen LogP contribution >= 0.6 is 12.4 Å². The molecule has 0 aliphatic heterocycles. The van der Waals surface area contributed by atoms with E-state index in [2.05, 4.69) is 5.11 Å². The molecule has 94 valence electrons. The number of carbonyl (C=O) groups is 1. The monoisotopic (exact) mass is 267 g/mol. The van der Waals surface area contributed by atoms with Crippen molar-refractivity contribution in [1.29, 1.82) is 5.53 Å². The van der Waals surface area contributed by atoms with Gasteiger partial charge in [-0.1, -0.05) is 0 Å². The van der Waals surface area contributed by atoms with Gasteiger partial charge in [-0.05, 0) is 24.3 Å². The number of amides is 1. The Morgan fingerprint density at radius 3 is 2.00 bits per heavy atom. The number of halogens is 1. The Labute approximate surface area is 108 Å². The molecule has 1 amide bonds. The number of hydrogen-bond donors (Lipinski definition) is 3. The van der Waals surface area contributed by atoms with Crippen LogP contribution in [-0.4, -0.2) is 20.7 Å². The van der Waals surface area contributed by atoms with Crippen molar-refractivity contribution in [1.82, 2.24) is 4.57 Å². The van der Waals surface area contributed by atoms with Gasteiger partial charge in [0.15, 0.2) is 11.8 Å². The van der Waals surface area contributed by atoms with Crippen molar-refractivity contribution in [2.75, 3.05) is 0 Å². The summed E-state index contributed by atoms with van der Waals surface area (Å²) in [4.78, 5) is 11.1. The second-order valence-corrected chi connectivity index (χ2v) is 3.35. The third-order valence-corrected chi connectivity index (χ3v) is 2.31. The third kappa shape index (κ3) is 2.33. The van der Waals surface area contributed by atoms with Crippen LogP contribution in [0.25, 0.3) is 5.69 Å². The molecule has 0 saturated carbocycles. The van der Waals surface area contributed by atoms with Crippen LogP contribution in [0, 0.1) is 5.53 Å². The minimum absolute atomic E-state index is 0. The molecule has 1 aromatic carbocycles. The molecule has 0 radical (unpaired) electrons. The zero-order valence-corrected chi connectivity index (χ0v) is 9.89. The highest BCUT2D eigenvalue weighted by Crippen LogP contribution is 2.26. The molecule has 6 nitrogen and oxygen atoms in total. The second kappa shape index (κ2) is 5.33. The molecule has 0 saturated heterocycles. The van der Waals surface area contributed by atoms with Gasteiger partial charge in [0.1, 0.15) is 0 Å². The first-order valence-corrected chi connectivity index (χ1v) is 4.75. The summed E-state index contributed by atoms with van der Waals surface area (Å²) in [7, 11) is 0. The summed E-state index contributed by atoms with van der Waals surface area (Å²) in [5.74, 6) is -0.851. The molecule has 18 heavy (non-hydrogen) atoms. The predicted molar refractivity (Wildman–Crippen MR) is 65.8 cm³/mol. The number of aromatic hydroxyl groups is 2. The summed E-state index contributed by atoms with van der Waals surface area (Å²) < 4.78 is 1.21. The Hall–Kier alpha value is -2.34. The predicted octanol–water partition coefficient (Wildman–Crippen LogP) is 2.48. The summed E-state index contributed by atoms with van der Waals surface area (Å²) in [6, 6.07) is 8.72. The summed E-state index contributed by atoms with van der Waals surface area (Å²) in [5.41, 5.74) is 7.38. The lowest BCUT2D eigenvalue weighted by atomic mass is 10.2. The largest absolute Gasteiger partial charge is 0.494 e. The standard InChI is InChI=1S/C11H9N3O3.ClH/c12-13-11(17)7-1-3-8(4-2-7)14-9(15)5-6-10(14)16;/h1-6,12,15-16H;1H. The molecular weight excluding hydrogens is 258 g/mol. The molecule has 0 aliphatic carbocycles. The van der Waals surface area contributed by atoms with Crippen LogP contribution < -0.4 is 0 Å². The van der Waals surface area contributed by atoms with Gasteiger partial charge in [-0.2, -0.15) is 0 Å². The van der Waals surface area contributed by atoms with Crippen molar-refractivity contribution in [3.05, 3.63) is 42.0 Å². The Kier molecular flexibility index (Phi) is 4.06. The van der Waals surface area contributed by atoms with Gasteiger partial charge in [-0.3, -0.25) is 9.36 Å². The van der Waals surface area contributed by atoms with Crippen LogP contribution in [0.1, 0.15) is 10.4 Å². The van der Waals surface area contributed by atoms with Gasteiger partial charge in [0, 0.05) is 17.7 Å². The van der Waals surface area contributed by atoms with Gasteiger partial charge < -0.3 is 10.2 Å². The first kappa shape index (κ1) is 13.7. The maximum atomic E-state index is 11.1. The number of aromatic nitrogens is 1. The van der Waals surface area contributed by atoms with Crippen LogP contribution in [0.5, 0.6) is 11.8 Å². The average molecular weight is 268 g/mol. The molecular formula is C11H10ClN3O3. The fourth-order valence-electron chi connectivity index (χ4n) is 1.50. The van der Waals surface area contributed by atoms with Gasteiger partial charge in [0.2, 0.25) is 0 Å². The highest BCUT2D eigenvalue weighted by Gasteiger charge is 2.09. The van der Waals surface area contributed by atoms with E-state index in [1.54, 1.807) is 0 Å². The molecule has 0 fully saturated rings. The number of rotatable bonds is 2. The van der Waals surface area contributed by atoms with E-state index in [1.807, 2.05) is 0 Å². The summed E-state index contributed by atoms with van der Waals surface area (Å²) in [5, 5.41) is 21.8. The highest BCUT2D eigenvalue weighted by molar-refractivity contribution is 5.94. The summed E-state index contributed by atoms with van der Waals surface area (Å²) in [6.45, 7) is 0. The Morgan fingerprint density at radius 2 is 1.56 bits per heavy atom. The van der Waals surface area contributed by atoms with Crippen molar-refractivity contribution in [3.8, 4) is 17.4 Å². The minimum Gasteiger partial charge on any atom is -0.494 e. The van der Waals surface area contributed by atoms with Gasteiger partial charge >= 0.3 is 0 Å². The number of hydrogen-bond acceptors (Lipinski definition) is 4. The van der Waals surface area contributed by atoms with Crippen molar-refractivity contribution in [2.45, 2.75) is 0 Å². The van der Waals surface area contributed by atoms with Crippen molar-refractivity contribution in [2.24, 2.45) is 5.11 Å². The van der Waals surface area contributed by atoms with E-state index < -0.39 is 5.91 Å². The Morgan fingerprint density at radius 1 is 1.06 bits per heavy atom. The van der Waals surface area contributed by atoms with E-state index in [4.69, 9.17) is 5.53 Å². The van der Waals surface area contributed by atoms with Crippen LogP contribution in [0.3, 0.4) is 0 Å². The maximum absolute atomic E-state index is 11.1. The lowest BCUT2D eigenvalue weighted by molar-refractivity contribution is 0.0991. The SMILES string of the molecule is Cl.N=NC(=O)c1ccc(-n2c(O)ccc2O)cc1. The quantitative estimate of drug-likeness (QED) is 0.729. The Balaban J connectivity index is 0.00000162. The fraction of sp³-hybridized carbons (Fsp3) is 0. The molecule has 3 N–H and O–H groups in total. The fourth-order valence-corrected chi connectivity index (χ4v) is 1.50. The first-order valence-electron chi connectivity index (χ1n) is 4.75. The van der Waals surface area contributed by atoms with E-state index >= 15 is 0 Å². The first-order chi connectivity index (χ1) is 8.13. The van der Waals surface area contributed by atoms with E-state index in [0.717, 1.165) is 0 Å². The topological polar surface area (TPSA) is 98.7 Å². The zero-order valence-electron chi connectivity index (χ0n) is 9.07. The van der Waals surface area contributed by atoms with Crippen molar-refractivity contribution >= 4 is 18.3 Å². The molecule has 1 heterocycles. The van der Waals surface area contributed by atoms with Gasteiger partial charge in [-0.15, -0.1) is 17.5 Å². The minimum atomic E-state index is -0.641. The third-order valence-electron chi connectivity index (χ3n) is 2.31. The van der Waals surface area contributed by atoms with Crippen LogP contribution in [0.2, 0.25) is 0 Å². The lowest BCUT2D eigenvalue weighted by Crippen LogP contribution is -1.96. The van der Waals surface area contributed by atoms with Crippen molar-refractivity contribution < 1.29 is 15.0 Å². The van der Waals surface area contributed by atoms with E-state index in [0.29, 0.717) is 5.69 Å². The number of nitrogens with one attached hydrogen (secondary N) is 1. The normalized spacial score (nSPS) is 9.56. The van der Waals surface area contributed by atoms with E-state index in [1.165, 1.54) is 41.0 Å². The molecule has 0 aliphatic rings. The maximum Gasteiger partial charge on any atom is 0.294 e. The highest BCUT2D eigenvalue weighted by atomic mass is 35.5. The number of benzene rings is 1. The molecule has 0 spiro atoms. The molecule has 2 aromatic rings. The molecule has 0 atom stereocenters. The van der Waals surface area contributed by atoms with Gasteiger partial charge in [0.25, 0.3) is 5.91 Å². The van der Waals surface area contributed by atoms with Gasteiger partial charge in [0.05, 0.1) is 5.69 Å². The van der Waals surface area contributed by atoms with Crippen LogP contribution in [0.15, 0.2) is 41.5 Å². The molecule has 7 heteroatoms.